The lowest BCUT2D eigenvalue weighted by molar-refractivity contribution is 0.101. The van der Waals surface area contributed by atoms with E-state index in [1.54, 1.807) is 7.05 Å². The Morgan fingerprint density at radius 1 is 1.36 bits per heavy atom. The largest absolute Gasteiger partial charge is 0.465 e. The number of carbonyl (C=O) groups is 1. The second kappa shape index (κ2) is 3.77. The lowest BCUT2D eigenvalue weighted by Gasteiger charge is -2.42. The minimum atomic E-state index is -0.796. The number of rotatable bonds is 1. The summed E-state index contributed by atoms with van der Waals surface area (Å²) in [5.74, 6) is 0. The predicted octanol–water partition coefficient (Wildman–Crippen LogP) is 1.27. The highest BCUT2D eigenvalue weighted by Gasteiger charge is 2.34. The monoisotopic (exact) mass is 198 g/mol. The standard InChI is InChI=1S/C10H18N2O2/c1-12(10(13)14)9-5-7-3-2-4-8(6-9)11-7/h7-9,11H,2-6H2,1H3,(H,13,14)/t7-,8+,9-. The number of nitrogens with one attached hydrogen (secondary N) is 1. The second-order valence-electron chi connectivity index (χ2n) is 4.51. The summed E-state index contributed by atoms with van der Waals surface area (Å²) in [6, 6.07) is 1.33. The summed E-state index contributed by atoms with van der Waals surface area (Å²) in [5, 5.41) is 12.5. The Balaban J connectivity index is 1.98. The first-order valence-corrected chi connectivity index (χ1v) is 5.38. The smallest absolute Gasteiger partial charge is 0.407 e. The van der Waals surface area contributed by atoms with Crippen molar-refractivity contribution in [1.29, 1.82) is 0 Å². The molecule has 3 atom stereocenters. The van der Waals surface area contributed by atoms with E-state index in [4.69, 9.17) is 5.11 Å². The molecule has 2 fully saturated rings. The lowest BCUT2D eigenvalue weighted by atomic mass is 9.83. The molecule has 0 aromatic rings. The Kier molecular flexibility index (Phi) is 2.63. The number of hydrogen-bond acceptors (Lipinski definition) is 2. The maximum atomic E-state index is 10.8. The number of piperidine rings is 2. The van der Waals surface area contributed by atoms with Crippen LogP contribution in [0, 0.1) is 0 Å². The summed E-state index contributed by atoms with van der Waals surface area (Å²) in [5.41, 5.74) is 0. The van der Waals surface area contributed by atoms with Crippen LogP contribution >= 0.6 is 0 Å². The molecule has 4 nitrogen and oxygen atoms in total. The first-order chi connectivity index (χ1) is 6.66. The van der Waals surface area contributed by atoms with Crippen LogP contribution in [0.4, 0.5) is 4.79 Å². The van der Waals surface area contributed by atoms with Gasteiger partial charge in [-0.3, -0.25) is 0 Å². The molecule has 0 aromatic carbocycles. The van der Waals surface area contributed by atoms with Gasteiger partial charge in [0.2, 0.25) is 0 Å². The molecule has 0 saturated carbocycles. The molecule has 0 aromatic heterocycles. The van der Waals surface area contributed by atoms with E-state index in [-0.39, 0.29) is 6.04 Å². The average molecular weight is 198 g/mol. The Bertz CT molecular complexity index is 220. The van der Waals surface area contributed by atoms with Crippen molar-refractivity contribution in [1.82, 2.24) is 10.2 Å². The third-order valence-corrected chi connectivity index (χ3v) is 3.54. The van der Waals surface area contributed by atoms with Crippen LogP contribution in [0.3, 0.4) is 0 Å². The van der Waals surface area contributed by atoms with Crippen molar-refractivity contribution in [3.63, 3.8) is 0 Å². The van der Waals surface area contributed by atoms with Crippen molar-refractivity contribution in [2.75, 3.05) is 7.05 Å². The van der Waals surface area contributed by atoms with Crippen molar-refractivity contribution in [3.05, 3.63) is 0 Å². The van der Waals surface area contributed by atoms with E-state index in [9.17, 15) is 4.79 Å². The molecule has 2 aliphatic rings. The average Bonchev–Trinajstić information content (AvgIpc) is 2.15. The van der Waals surface area contributed by atoms with Crippen LogP contribution in [-0.4, -0.2) is 41.3 Å². The zero-order valence-electron chi connectivity index (χ0n) is 8.57. The van der Waals surface area contributed by atoms with Gasteiger partial charge in [-0.15, -0.1) is 0 Å². The van der Waals surface area contributed by atoms with Crippen LogP contribution in [0.25, 0.3) is 0 Å². The van der Waals surface area contributed by atoms with Crippen LogP contribution in [-0.2, 0) is 0 Å². The number of amides is 1. The third kappa shape index (κ3) is 1.85. The van der Waals surface area contributed by atoms with Crippen LogP contribution in [0.5, 0.6) is 0 Å². The van der Waals surface area contributed by atoms with Gasteiger partial charge >= 0.3 is 6.09 Å². The number of fused-ring (bicyclic) bond motifs is 2. The molecule has 1 amide bonds. The molecule has 0 unspecified atom stereocenters. The third-order valence-electron chi connectivity index (χ3n) is 3.54. The molecular weight excluding hydrogens is 180 g/mol. The summed E-state index contributed by atoms with van der Waals surface area (Å²) in [6.07, 6.45) is 4.89. The first-order valence-electron chi connectivity index (χ1n) is 5.38. The summed E-state index contributed by atoms with van der Waals surface area (Å²) in [6.45, 7) is 0. The molecule has 0 aliphatic carbocycles. The van der Waals surface area contributed by atoms with Crippen molar-refractivity contribution in [3.8, 4) is 0 Å². The highest BCUT2D eigenvalue weighted by atomic mass is 16.4. The highest BCUT2D eigenvalue weighted by molar-refractivity contribution is 5.65. The van der Waals surface area contributed by atoms with Crippen molar-refractivity contribution < 1.29 is 9.90 Å². The Morgan fingerprint density at radius 2 is 1.93 bits per heavy atom. The molecule has 14 heavy (non-hydrogen) atoms. The Morgan fingerprint density at radius 3 is 2.43 bits per heavy atom. The minimum absolute atomic E-state index is 0.226. The van der Waals surface area contributed by atoms with Gasteiger partial charge in [0.25, 0.3) is 0 Å². The molecule has 2 aliphatic heterocycles. The molecule has 2 heterocycles. The van der Waals surface area contributed by atoms with Crippen molar-refractivity contribution >= 4 is 6.09 Å². The summed E-state index contributed by atoms with van der Waals surface area (Å²) >= 11 is 0. The second-order valence-corrected chi connectivity index (χ2v) is 4.51. The van der Waals surface area contributed by atoms with E-state index in [0.717, 1.165) is 12.8 Å². The Labute approximate surface area is 84.3 Å². The molecule has 4 heteroatoms. The molecule has 2 saturated heterocycles. The molecule has 80 valence electrons. The van der Waals surface area contributed by atoms with Gasteiger partial charge in [-0.25, -0.2) is 4.79 Å². The van der Waals surface area contributed by atoms with E-state index in [0.29, 0.717) is 12.1 Å². The molecule has 2 bridgehead atoms. The maximum Gasteiger partial charge on any atom is 0.407 e. The highest BCUT2D eigenvalue weighted by Crippen LogP contribution is 2.27. The normalized spacial score (nSPS) is 36.5. The van der Waals surface area contributed by atoms with Gasteiger partial charge in [-0.1, -0.05) is 6.42 Å². The zero-order valence-corrected chi connectivity index (χ0v) is 8.57. The zero-order chi connectivity index (χ0) is 10.1. The fourth-order valence-corrected chi connectivity index (χ4v) is 2.71. The van der Waals surface area contributed by atoms with Gasteiger partial charge in [0, 0.05) is 25.2 Å². The SMILES string of the molecule is CN(C(=O)O)[C@@H]1C[C@H]2CCC[C@@H](C1)N2. The molecule has 2 rings (SSSR count). The van der Waals surface area contributed by atoms with Gasteiger partial charge in [0.1, 0.15) is 0 Å². The molecule has 2 N–H and O–H groups in total. The van der Waals surface area contributed by atoms with Crippen molar-refractivity contribution in [2.24, 2.45) is 0 Å². The first kappa shape index (κ1) is 9.77. The molecular formula is C10H18N2O2. The van der Waals surface area contributed by atoms with Crippen LogP contribution in [0.2, 0.25) is 0 Å². The predicted molar refractivity (Wildman–Crippen MR) is 53.4 cm³/mol. The van der Waals surface area contributed by atoms with E-state index in [1.807, 2.05) is 0 Å². The van der Waals surface area contributed by atoms with E-state index >= 15 is 0 Å². The number of nitrogens with zero attached hydrogens (tertiary/aromatic N) is 1. The van der Waals surface area contributed by atoms with Gasteiger partial charge < -0.3 is 15.3 Å². The van der Waals surface area contributed by atoms with E-state index < -0.39 is 6.09 Å². The summed E-state index contributed by atoms with van der Waals surface area (Å²) < 4.78 is 0. The van der Waals surface area contributed by atoms with Crippen LogP contribution in [0.1, 0.15) is 32.1 Å². The number of hydrogen-bond donors (Lipinski definition) is 2. The summed E-state index contributed by atoms with van der Waals surface area (Å²) in [7, 11) is 1.69. The molecule has 0 spiro atoms. The quantitative estimate of drug-likeness (QED) is 0.667. The van der Waals surface area contributed by atoms with Crippen LogP contribution < -0.4 is 5.32 Å². The van der Waals surface area contributed by atoms with E-state index in [1.165, 1.54) is 24.2 Å². The van der Waals surface area contributed by atoms with E-state index in [2.05, 4.69) is 5.32 Å². The number of carboxylic acid groups (broad SMARTS) is 1. The van der Waals surface area contributed by atoms with Gasteiger partial charge in [-0.2, -0.15) is 0 Å². The lowest BCUT2D eigenvalue weighted by Crippen LogP contribution is -2.54. The fourth-order valence-electron chi connectivity index (χ4n) is 2.71. The fraction of sp³-hybridized carbons (Fsp3) is 0.900. The van der Waals surface area contributed by atoms with Crippen molar-refractivity contribution in [2.45, 2.75) is 50.2 Å². The van der Waals surface area contributed by atoms with Gasteiger partial charge in [0.15, 0.2) is 0 Å². The van der Waals surface area contributed by atoms with Gasteiger partial charge in [-0.05, 0) is 25.7 Å². The minimum Gasteiger partial charge on any atom is -0.465 e. The van der Waals surface area contributed by atoms with Gasteiger partial charge in [0.05, 0.1) is 0 Å². The Hall–Kier alpha value is -0.770. The summed E-state index contributed by atoms with van der Waals surface area (Å²) in [4.78, 5) is 12.3. The van der Waals surface area contributed by atoms with Crippen LogP contribution in [0.15, 0.2) is 0 Å². The maximum absolute atomic E-state index is 10.8. The molecule has 0 radical (unpaired) electrons. The topological polar surface area (TPSA) is 52.6 Å².